The summed E-state index contributed by atoms with van der Waals surface area (Å²) >= 11 is 0.697. The van der Waals surface area contributed by atoms with E-state index in [2.05, 4.69) is 15.2 Å². The number of hydrogen-bond acceptors (Lipinski definition) is 7. The maximum absolute atomic E-state index is 12.6. The molecule has 5 nitrogen and oxygen atoms in total. The lowest BCUT2D eigenvalue weighted by Crippen LogP contribution is -2.11. The quantitative estimate of drug-likeness (QED) is 0.814. The van der Waals surface area contributed by atoms with Gasteiger partial charge in [-0.1, -0.05) is 22.7 Å². The van der Waals surface area contributed by atoms with Gasteiger partial charge in [-0.25, -0.2) is 9.78 Å². The molecule has 0 atom stereocenters. The van der Waals surface area contributed by atoms with Crippen molar-refractivity contribution in [1.29, 1.82) is 0 Å². The third-order valence-electron chi connectivity index (χ3n) is 1.89. The average molecular weight is 381 g/mol. The predicted octanol–water partition coefficient (Wildman–Crippen LogP) is 3.88. The Morgan fingerprint density at radius 1 is 1.00 bits per heavy atom. The third kappa shape index (κ3) is 3.67. The highest BCUT2D eigenvalue weighted by Crippen LogP contribution is 2.41. The van der Waals surface area contributed by atoms with Crippen LogP contribution in [0.4, 0.5) is 26.3 Å². The Kier molecular flexibility index (Phi) is 4.36. The van der Waals surface area contributed by atoms with Gasteiger partial charge in [-0.15, -0.1) is 10.2 Å². The topological polar surface area (TPSA) is 76.0 Å². The summed E-state index contributed by atoms with van der Waals surface area (Å²) in [6, 6.07) is 0. The van der Waals surface area contributed by atoms with E-state index in [4.69, 9.17) is 5.11 Å². The van der Waals surface area contributed by atoms with E-state index in [-0.39, 0.29) is 27.0 Å². The standard InChI is InChI=1S/C8HF6N3O2S3/c9-7(10,11)2-1(3(18)19)20-5(15-2)22-6-17-16-4(21-6)8(12,13)14/h(H,18,19). The lowest BCUT2D eigenvalue weighted by Gasteiger charge is -2.02. The van der Waals surface area contributed by atoms with Gasteiger partial charge in [-0.05, 0) is 11.8 Å². The number of carboxylic acid groups (broad SMARTS) is 1. The van der Waals surface area contributed by atoms with Crippen molar-refractivity contribution in [2.24, 2.45) is 0 Å². The molecule has 0 aromatic carbocycles. The number of aromatic carboxylic acids is 1. The van der Waals surface area contributed by atoms with Crippen LogP contribution in [0.15, 0.2) is 8.68 Å². The zero-order valence-corrected chi connectivity index (χ0v) is 12.1. The van der Waals surface area contributed by atoms with Gasteiger partial charge in [0.2, 0.25) is 5.01 Å². The molecular formula is C8HF6N3O2S3. The van der Waals surface area contributed by atoms with Crippen LogP contribution >= 0.6 is 34.4 Å². The van der Waals surface area contributed by atoms with Crippen molar-refractivity contribution in [1.82, 2.24) is 15.2 Å². The molecule has 0 unspecified atom stereocenters. The van der Waals surface area contributed by atoms with E-state index < -0.39 is 38.2 Å². The second-order valence-electron chi connectivity index (χ2n) is 3.43. The van der Waals surface area contributed by atoms with Crippen LogP contribution in [0, 0.1) is 0 Å². The summed E-state index contributed by atoms with van der Waals surface area (Å²) in [5.74, 6) is -1.83. The van der Waals surface area contributed by atoms with Gasteiger partial charge >= 0.3 is 18.3 Å². The van der Waals surface area contributed by atoms with Crippen LogP contribution < -0.4 is 0 Å². The van der Waals surface area contributed by atoms with Crippen LogP contribution in [0.3, 0.4) is 0 Å². The molecular weight excluding hydrogens is 380 g/mol. The van der Waals surface area contributed by atoms with Gasteiger partial charge in [-0.3, -0.25) is 0 Å². The molecule has 0 aliphatic carbocycles. The minimum atomic E-state index is -4.98. The molecule has 120 valence electrons. The normalized spacial score (nSPS) is 12.6. The smallest absolute Gasteiger partial charge is 0.445 e. The summed E-state index contributed by atoms with van der Waals surface area (Å²) in [6.45, 7) is 0. The number of nitrogens with zero attached hydrogens (tertiary/aromatic N) is 3. The summed E-state index contributed by atoms with van der Waals surface area (Å²) < 4.78 is 74.2. The molecule has 0 saturated carbocycles. The Labute approximate surface area is 129 Å². The fourth-order valence-corrected chi connectivity index (χ4v) is 4.04. The number of alkyl halides is 6. The van der Waals surface area contributed by atoms with Crippen molar-refractivity contribution >= 4 is 40.4 Å². The Bertz CT molecular complexity index is 707. The first-order valence-corrected chi connectivity index (χ1v) is 7.33. The Morgan fingerprint density at radius 3 is 2.05 bits per heavy atom. The fourth-order valence-electron chi connectivity index (χ4n) is 1.12. The van der Waals surface area contributed by atoms with Crippen molar-refractivity contribution in [3.05, 3.63) is 15.6 Å². The van der Waals surface area contributed by atoms with Crippen LogP contribution in [-0.2, 0) is 12.4 Å². The van der Waals surface area contributed by atoms with E-state index in [0.29, 0.717) is 11.8 Å². The molecule has 22 heavy (non-hydrogen) atoms. The van der Waals surface area contributed by atoms with Crippen molar-refractivity contribution in [2.45, 2.75) is 21.0 Å². The number of carboxylic acids is 1. The second kappa shape index (κ2) is 5.66. The van der Waals surface area contributed by atoms with Crippen LogP contribution in [0.2, 0.25) is 0 Å². The molecule has 0 amide bonds. The fraction of sp³-hybridized carbons (Fsp3) is 0.250. The minimum Gasteiger partial charge on any atom is -0.477 e. The van der Waals surface area contributed by atoms with Gasteiger partial charge < -0.3 is 5.11 Å². The van der Waals surface area contributed by atoms with E-state index in [1.165, 1.54) is 0 Å². The van der Waals surface area contributed by atoms with E-state index in [9.17, 15) is 31.1 Å². The number of carbonyl (C=O) groups is 1. The first-order chi connectivity index (χ1) is 9.98. The van der Waals surface area contributed by atoms with Gasteiger partial charge in [0, 0.05) is 0 Å². The number of aromatic nitrogens is 3. The van der Waals surface area contributed by atoms with E-state index in [1.807, 2.05) is 0 Å². The van der Waals surface area contributed by atoms with Crippen LogP contribution in [0.25, 0.3) is 0 Å². The molecule has 0 fully saturated rings. The monoisotopic (exact) mass is 381 g/mol. The molecule has 2 aromatic heterocycles. The van der Waals surface area contributed by atoms with Gasteiger partial charge in [0.1, 0.15) is 4.88 Å². The van der Waals surface area contributed by atoms with E-state index in [0.717, 1.165) is 0 Å². The summed E-state index contributed by atoms with van der Waals surface area (Å²) in [6.07, 6.45) is -9.70. The molecule has 0 spiro atoms. The highest BCUT2D eigenvalue weighted by atomic mass is 32.2. The largest absolute Gasteiger partial charge is 0.477 e. The number of rotatable bonds is 3. The molecule has 2 aromatic rings. The average Bonchev–Trinajstić information content (AvgIpc) is 2.94. The highest BCUT2D eigenvalue weighted by Gasteiger charge is 2.40. The van der Waals surface area contributed by atoms with Crippen molar-refractivity contribution in [3.8, 4) is 0 Å². The molecule has 0 aliphatic rings. The summed E-state index contributed by atoms with van der Waals surface area (Å²) in [5, 5.41) is 13.5. The van der Waals surface area contributed by atoms with Crippen LogP contribution in [0.1, 0.15) is 20.4 Å². The predicted molar refractivity (Wildman–Crippen MR) is 63.1 cm³/mol. The van der Waals surface area contributed by atoms with Gasteiger partial charge in [0.05, 0.1) is 0 Å². The highest BCUT2D eigenvalue weighted by molar-refractivity contribution is 8.02. The molecule has 0 bridgehead atoms. The van der Waals surface area contributed by atoms with Gasteiger partial charge in [0.25, 0.3) is 0 Å². The molecule has 0 radical (unpaired) electrons. The first-order valence-electron chi connectivity index (χ1n) is 4.88. The lowest BCUT2D eigenvalue weighted by atomic mass is 10.3. The van der Waals surface area contributed by atoms with Crippen LogP contribution in [-0.4, -0.2) is 26.3 Å². The van der Waals surface area contributed by atoms with Crippen molar-refractivity contribution in [3.63, 3.8) is 0 Å². The van der Waals surface area contributed by atoms with Crippen LogP contribution in [0.5, 0.6) is 0 Å². The zero-order valence-electron chi connectivity index (χ0n) is 9.69. The van der Waals surface area contributed by atoms with Crippen molar-refractivity contribution < 1.29 is 36.2 Å². The summed E-state index contributed by atoms with van der Waals surface area (Å²) in [4.78, 5) is 12.8. The SMILES string of the molecule is O=C(O)c1sc(Sc2nnc(C(F)(F)F)s2)nc1C(F)(F)F. The molecule has 0 aliphatic heterocycles. The third-order valence-corrected chi connectivity index (χ3v) is 5.02. The number of hydrogen-bond donors (Lipinski definition) is 1. The maximum atomic E-state index is 12.6. The maximum Gasteiger partial charge on any atom is 0.445 e. The summed E-state index contributed by atoms with van der Waals surface area (Å²) in [5.41, 5.74) is -1.60. The van der Waals surface area contributed by atoms with Gasteiger partial charge in [-0.2, -0.15) is 26.3 Å². The van der Waals surface area contributed by atoms with E-state index in [1.54, 1.807) is 0 Å². The number of halogens is 6. The lowest BCUT2D eigenvalue weighted by molar-refractivity contribution is -0.141. The van der Waals surface area contributed by atoms with Gasteiger partial charge in [0.15, 0.2) is 14.4 Å². The minimum absolute atomic E-state index is 0.119. The number of thiazole rings is 1. The molecule has 1 N–H and O–H groups in total. The molecule has 2 rings (SSSR count). The van der Waals surface area contributed by atoms with Crippen molar-refractivity contribution in [2.75, 3.05) is 0 Å². The Balaban J connectivity index is 2.31. The zero-order chi connectivity index (χ0) is 16.7. The first kappa shape index (κ1) is 17.0. The Hall–Kier alpha value is -1.41. The molecule has 0 saturated heterocycles. The Morgan fingerprint density at radius 2 is 1.64 bits per heavy atom. The second-order valence-corrected chi connectivity index (χ2v) is 6.90. The molecule has 2 heterocycles. The van der Waals surface area contributed by atoms with E-state index >= 15 is 0 Å². The molecule has 14 heteroatoms. The summed E-state index contributed by atoms with van der Waals surface area (Å²) in [7, 11) is 0.